The smallest absolute Gasteiger partial charge is 0.326 e. The van der Waals surface area contributed by atoms with Crippen LogP contribution in [0.1, 0.15) is 5.56 Å². The molecule has 2 aromatic rings. The molecule has 3 N–H and O–H groups in total. The van der Waals surface area contributed by atoms with Gasteiger partial charge in [0.25, 0.3) is 0 Å². The minimum Gasteiger partial charge on any atom is -0.508 e. The Labute approximate surface area is 98.1 Å². The summed E-state index contributed by atoms with van der Waals surface area (Å²) in [5.74, 6) is 0.540. The number of amides is 2. The number of aromatic hydroxyl groups is 1. The molecular weight excluding hydrogens is 220 g/mol. The summed E-state index contributed by atoms with van der Waals surface area (Å²) in [6, 6.07) is 7.64. The minimum atomic E-state index is -0.395. The Morgan fingerprint density at radius 2 is 2.12 bits per heavy atom. The number of aryl methyl sites for hydroxylation is 1. The molecule has 0 spiro atoms. The quantitative estimate of drug-likeness (QED) is 0.697. The number of furan rings is 1. The van der Waals surface area contributed by atoms with Crippen LogP contribution in [0, 0.1) is 6.92 Å². The Morgan fingerprint density at radius 1 is 1.29 bits per heavy atom. The van der Waals surface area contributed by atoms with Crippen LogP contribution in [0.4, 0.5) is 16.4 Å². The maximum Gasteiger partial charge on any atom is 0.326 e. The number of anilines is 2. The Kier molecular flexibility index (Phi) is 3.00. The van der Waals surface area contributed by atoms with E-state index in [-0.39, 0.29) is 5.75 Å². The largest absolute Gasteiger partial charge is 0.508 e. The van der Waals surface area contributed by atoms with Gasteiger partial charge in [0.1, 0.15) is 5.75 Å². The highest BCUT2D eigenvalue weighted by Gasteiger charge is 2.06. The lowest BCUT2D eigenvalue weighted by molar-refractivity contribution is 0.261. The van der Waals surface area contributed by atoms with Crippen LogP contribution >= 0.6 is 0 Å². The number of phenols is 1. The van der Waals surface area contributed by atoms with Crippen LogP contribution in [0.15, 0.2) is 41.0 Å². The van der Waals surface area contributed by atoms with Gasteiger partial charge in [0.2, 0.25) is 5.88 Å². The monoisotopic (exact) mass is 232 g/mol. The van der Waals surface area contributed by atoms with Crippen molar-refractivity contribution in [3.05, 3.63) is 42.2 Å². The van der Waals surface area contributed by atoms with Gasteiger partial charge in [-0.15, -0.1) is 0 Å². The van der Waals surface area contributed by atoms with Gasteiger partial charge in [-0.2, -0.15) is 0 Å². The first kappa shape index (κ1) is 11.1. The normalized spacial score (nSPS) is 9.94. The Bertz CT molecular complexity index is 521. The standard InChI is InChI=1S/C12H12N2O3/c1-8-7-9(15)4-5-10(8)13-12(16)14-11-3-2-6-17-11/h2-7,15H,1H3,(H2,13,14,16). The topological polar surface area (TPSA) is 74.5 Å². The summed E-state index contributed by atoms with van der Waals surface area (Å²) in [5, 5.41) is 14.4. The molecule has 2 amide bonds. The van der Waals surface area contributed by atoms with Gasteiger partial charge in [-0.05, 0) is 36.8 Å². The van der Waals surface area contributed by atoms with Crippen LogP contribution in [-0.2, 0) is 0 Å². The van der Waals surface area contributed by atoms with Crippen LogP contribution in [-0.4, -0.2) is 11.1 Å². The van der Waals surface area contributed by atoms with Crippen LogP contribution in [0.25, 0.3) is 0 Å². The third-order valence-electron chi connectivity index (χ3n) is 2.22. The summed E-state index contributed by atoms with van der Waals surface area (Å²) in [6.07, 6.45) is 1.47. The van der Waals surface area contributed by atoms with Crippen LogP contribution < -0.4 is 10.6 Å². The number of hydrogen-bond acceptors (Lipinski definition) is 3. The fraction of sp³-hybridized carbons (Fsp3) is 0.0833. The van der Waals surface area contributed by atoms with E-state index in [0.717, 1.165) is 5.56 Å². The first-order valence-electron chi connectivity index (χ1n) is 5.06. The molecule has 5 heteroatoms. The van der Waals surface area contributed by atoms with Gasteiger partial charge < -0.3 is 14.8 Å². The van der Waals surface area contributed by atoms with E-state index in [1.807, 2.05) is 0 Å². The van der Waals surface area contributed by atoms with Crippen molar-refractivity contribution in [3.8, 4) is 5.75 Å². The van der Waals surface area contributed by atoms with Crippen molar-refractivity contribution >= 4 is 17.6 Å². The molecule has 0 bridgehead atoms. The second kappa shape index (κ2) is 4.61. The Hall–Kier alpha value is -2.43. The highest BCUT2D eigenvalue weighted by molar-refractivity contribution is 5.99. The zero-order valence-corrected chi connectivity index (χ0v) is 9.23. The van der Waals surface area contributed by atoms with E-state index in [0.29, 0.717) is 11.6 Å². The molecule has 0 aliphatic heterocycles. The molecule has 88 valence electrons. The molecule has 0 fully saturated rings. The number of carbonyl (C=O) groups excluding carboxylic acids is 1. The van der Waals surface area contributed by atoms with Gasteiger partial charge in [0.05, 0.1) is 6.26 Å². The van der Waals surface area contributed by atoms with Crippen LogP contribution in [0.2, 0.25) is 0 Å². The predicted molar refractivity (Wildman–Crippen MR) is 64.2 cm³/mol. The number of carbonyl (C=O) groups is 1. The van der Waals surface area contributed by atoms with E-state index in [9.17, 15) is 9.90 Å². The van der Waals surface area contributed by atoms with Gasteiger partial charge in [0, 0.05) is 11.8 Å². The van der Waals surface area contributed by atoms with Crippen molar-refractivity contribution < 1.29 is 14.3 Å². The van der Waals surface area contributed by atoms with Crippen molar-refractivity contribution in [1.29, 1.82) is 0 Å². The SMILES string of the molecule is Cc1cc(O)ccc1NC(=O)Nc1ccco1. The minimum absolute atomic E-state index is 0.166. The van der Waals surface area contributed by atoms with Gasteiger partial charge in [-0.1, -0.05) is 0 Å². The Morgan fingerprint density at radius 3 is 2.76 bits per heavy atom. The van der Waals surface area contributed by atoms with Gasteiger partial charge >= 0.3 is 6.03 Å². The number of hydrogen-bond donors (Lipinski definition) is 3. The molecule has 0 atom stereocenters. The number of phenolic OH excluding ortho intramolecular Hbond substituents is 1. The molecule has 0 aliphatic carbocycles. The second-order valence-electron chi connectivity index (χ2n) is 3.56. The average Bonchev–Trinajstić information content (AvgIpc) is 2.75. The summed E-state index contributed by atoms with van der Waals surface area (Å²) < 4.78 is 4.98. The Balaban J connectivity index is 2.03. The average molecular weight is 232 g/mol. The number of benzene rings is 1. The zero-order chi connectivity index (χ0) is 12.3. The predicted octanol–water partition coefficient (Wildman–Crippen LogP) is 2.94. The maximum absolute atomic E-state index is 11.6. The van der Waals surface area contributed by atoms with E-state index in [1.54, 1.807) is 31.2 Å². The first-order chi connectivity index (χ1) is 8.15. The van der Waals surface area contributed by atoms with Gasteiger partial charge in [-0.3, -0.25) is 5.32 Å². The van der Waals surface area contributed by atoms with E-state index in [4.69, 9.17) is 4.42 Å². The third-order valence-corrected chi connectivity index (χ3v) is 2.22. The van der Waals surface area contributed by atoms with Crippen molar-refractivity contribution in [3.63, 3.8) is 0 Å². The second-order valence-corrected chi connectivity index (χ2v) is 3.56. The molecule has 1 aromatic carbocycles. The van der Waals surface area contributed by atoms with Crippen molar-refractivity contribution in [2.75, 3.05) is 10.6 Å². The van der Waals surface area contributed by atoms with E-state index in [2.05, 4.69) is 10.6 Å². The van der Waals surface area contributed by atoms with E-state index < -0.39 is 6.03 Å². The summed E-state index contributed by atoms with van der Waals surface area (Å²) in [5.41, 5.74) is 1.41. The maximum atomic E-state index is 11.6. The molecule has 5 nitrogen and oxygen atoms in total. The molecular formula is C12H12N2O3. The molecule has 0 unspecified atom stereocenters. The van der Waals surface area contributed by atoms with Crippen LogP contribution in [0.3, 0.4) is 0 Å². The summed E-state index contributed by atoms with van der Waals surface area (Å²) in [6.45, 7) is 1.79. The number of rotatable bonds is 2. The van der Waals surface area contributed by atoms with Crippen molar-refractivity contribution in [2.45, 2.75) is 6.92 Å². The lowest BCUT2D eigenvalue weighted by Crippen LogP contribution is -2.19. The zero-order valence-electron chi connectivity index (χ0n) is 9.23. The van der Waals surface area contributed by atoms with E-state index in [1.165, 1.54) is 12.3 Å². The molecule has 0 radical (unpaired) electrons. The first-order valence-corrected chi connectivity index (χ1v) is 5.06. The molecule has 0 saturated carbocycles. The molecule has 1 aromatic heterocycles. The number of urea groups is 1. The molecule has 1 heterocycles. The summed E-state index contributed by atoms with van der Waals surface area (Å²) >= 11 is 0. The highest BCUT2D eigenvalue weighted by Crippen LogP contribution is 2.20. The van der Waals surface area contributed by atoms with Crippen LogP contribution in [0.5, 0.6) is 5.75 Å². The summed E-state index contributed by atoms with van der Waals surface area (Å²) in [7, 11) is 0. The van der Waals surface area contributed by atoms with Gasteiger partial charge in [0.15, 0.2) is 0 Å². The van der Waals surface area contributed by atoms with E-state index >= 15 is 0 Å². The third kappa shape index (κ3) is 2.78. The molecule has 0 aliphatic rings. The highest BCUT2D eigenvalue weighted by atomic mass is 16.3. The lowest BCUT2D eigenvalue weighted by atomic mass is 10.2. The molecule has 0 saturated heterocycles. The fourth-order valence-corrected chi connectivity index (χ4v) is 1.40. The summed E-state index contributed by atoms with van der Waals surface area (Å²) in [4.78, 5) is 11.6. The fourth-order valence-electron chi connectivity index (χ4n) is 1.40. The molecule has 17 heavy (non-hydrogen) atoms. The van der Waals surface area contributed by atoms with Gasteiger partial charge in [-0.25, -0.2) is 4.79 Å². The van der Waals surface area contributed by atoms with Crippen molar-refractivity contribution in [1.82, 2.24) is 0 Å². The number of nitrogens with one attached hydrogen (secondary N) is 2. The lowest BCUT2D eigenvalue weighted by Gasteiger charge is -2.08. The van der Waals surface area contributed by atoms with Crippen molar-refractivity contribution in [2.24, 2.45) is 0 Å². The molecule has 2 rings (SSSR count).